The zero-order valence-electron chi connectivity index (χ0n) is 13.7. The molecule has 1 saturated carbocycles. The normalized spacial score (nSPS) is 28.7. The van der Waals surface area contributed by atoms with Gasteiger partial charge in [0.15, 0.2) is 5.96 Å². The Hall–Kier alpha value is -0.770. The molecule has 21 heavy (non-hydrogen) atoms. The van der Waals surface area contributed by atoms with Crippen molar-refractivity contribution in [3.05, 3.63) is 0 Å². The third kappa shape index (κ3) is 3.91. The van der Waals surface area contributed by atoms with Crippen molar-refractivity contribution in [2.24, 2.45) is 10.9 Å². The molecule has 4 heteroatoms. The minimum atomic E-state index is 0.762. The van der Waals surface area contributed by atoms with Crippen LogP contribution in [0.15, 0.2) is 4.99 Å². The maximum atomic E-state index is 4.91. The molecule has 1 N–H and O–H groups in total. The second-order valence-corrected chi connectivity index (χ2v) is 6.98. The van der Waals surface area contributed by atoms with E-state index in [1.54, 1.807) is 0 Å². The standard InChI is InChI=1S/C17H32N4/c1-2-18-17(19-13-15-7-6-8-15)21-12-9-16(14-21)20-10-4-3-5-11-20/h15-16H,2-14H2,1H3,(H,18,19). The summed E-state index contributed by atoms with van der Waals surface area (Å²) >= 11 is 0. The van der Waals surface area contributed by atoms with Gasteiger partial charge in [0.2, 0.25) is 0 Å². The lowest BCUT2D eigenvalue weighted by Crippen LogP contribution is -2.44. The van der Waals surface area contributed by atoms with Crippen molar-refractivity contribution in [2.45, 2.75) is 57.9 Å². The number of piperidine rings is 1. The van der Waals surface area contributed by atoms with E-state index in [0.29, 0.717) is 0 Å². The zero-order valence-corrected chi connectivity index (χ0v) is 13.7. The topological polar surface area (TPSA) is 30.9 Å². The van der Waals surface area contributed by atoms with Gasteiger partial charge in [0.05, 0.1) is 0 Å². The number of nitrogens with zero attached hydrogens (tertiary/aromatic N) is 3. The summed E-state index contributed by atoms with van der Waals surface area (Å²) in [5.74, 6) is 2.03. The molecular weight excluding hydrogens is 260 g/mol. The van der Waals surface area contributed by atoms with Crippen LogP contribution in [0.25, 0.3) is 0 Å². The van der Waals surface area contributed by atoms with Gasteiger partial charge in [-0.2, -0.15) is 0 Å². The summed E-state index contributed by atoms with van der Waals surface area (Å²) in [4.78, 5) is 10.1. The van der Waals surface area contributed by atoms with Gasteiger partial charge < -0.3 is 10.2 Å². The summed E-state index contributed by atoms with van der Waals surface area (Å²) in [5, 5.41) is 3.51. The van der Waals surface area contributed by atoms with E-state index in [0.717, 1.165) is 25.0 Å². The number of aliphatic imine (C=N–C) groups is 1. The largest absolute Gasteiger partial charge is 0.357 e. The summed E-state index contributed by atoms with van der Waals surface area (Å²) in [6.45, 7) is 9.18. The first-order valence-corrected chi connectivity index (χ1v) is 9.14. The Balaban J connectivity index is 1.53. The van der Waals surface area contributed by atoms with Crippen LogP contribution in [0.5, 0.6) is 0 Å². The summed E-state index contributed by atoms with van der Waals surface area (Å²) < 4.78 is 0. The number of hydrogen-bond donors (Lipinski definition) is 1. The van der Waals surface area contributed by atoms with Gasteiger partial charge in [0.1, 0.15) is 0 Å². The minimum Gasteiger partial charge on any atom is -0.357 e. The van der Waals surface area contributed by atoms with Gasteiger partial charge >= 0.3 is 0 Å². The van der Waals surface area contributed by atoms with Crippen LogP contribution >= 0.6 is 0 Å². The monoisotopic (exact) mass is 292 g/mol. The Kier molecular flexibility index (Phi) is 5.39. The van der Waals surface area contributed by atoms with Gasteiger partial charge in [0.25, 0.3) is 0 Å². The number of likely N-dealkylation sites (tertiary alicyclic amines) is 2. The van der Waals surface area contributed by atoms with E-state index < -0.39 is 0 Å². The highest BCUT2D eigenvalue weighted by atomic mass is 15.3. The van der Waals surface area contributed by atoms with E-state index in [4.69, 9.17) is 4.99 Å². The average Bonchev–Trinajstić information content (AvgIpc) is 2.95. The molecule has 1 unspecified atom stereocenters. The minimum absolute atomic E-state index is 0.762. The van der Waals surface area contributed by atoms with E-state index in [2.05, 4.69) is 22.0 Å². The lowest BCUT2D eigenvalue weighted by molar-refractivity contribution is 0.168. The maximum absolute atomic E-state index is 4.91. The van der Waals surface area contributed by atoms with E-state index in [9.17, 15) is 0 Å². The summed E-state index contributed by atoms with van der Waals surface area (Å²) in [7, 11) is 0. The number of rotatable bonds is 4. The van der Waals surface area contributed by atoms with Crippen LogP contribution in [0.2, 0.25) is 0 Å². The first-order chi connectivity index (χ1) is 10.4. The van der Waals surface area contributed by atoms with Crippen LogP contribution in [0.1, 0.15) is 51.9 Å². The number of hydrogen-bond acceptors (Lipinski definition) is 2. The first kappa shape index (κ1) is 15.1. The van der Waals surface area contributed by atoms with Gasteiger partial charge in [-0.1, -0.05) is 12.8 Å². The van der Waals surface area contributed by atoms with Crippen LogP contribution in [0.3, 0.4) is 0 Å². The Bertz CT molecular complexity index is 345. The van der Waals surface area contributed by atoms with Crippen molar-refractivity contribution in [1.29, 1.82) is 0 Å². The number of nitrogens with one attached hydrogen (secondary N) is 1. The van der Waals surface area contributed by atoms with Crippen LogP contribution in [0, 0.1) is 5.92 Å². The molecule has 3 fully saturated rings. The Morgan fingerprint density at radius 3 is 2.52 bits per heavy atom. The quantitative estimate of drug-likeness (QED) is 0.637. The zero-order chi connectivity index (χ0) is 14.5. The molecule has 1 atom stereocenters. The van der Waals surface area contributed by atoms with Gasteiger partial charge in [0, 0.05) is 32.2 Å². The van der Waals surface area contributed by atoms with Gasteiger partial charge in [-0.3, -0.25) is 9.89 Å². The molecule has 0 bridgehead atoms. The van der Waals surface area contributed by atoms with E-state index in [1.807, 2.05) is 0 Å². The molecule has 0 radical (unpaired) electrons. The first-order valence-electron chi connectivity index (χ1n) is 9.14. The molecule has 3 aliphatic rings. The molecule has 4 nitrogen and oxygen atoms in total. The molecule has 1 aliphatic carbocycles. The highest BCUT2D eigenvalue weighted by molar-refractivity contribution is 5.80. The highest BCUT2D eigenvalue weighted by Gasteiger charge is 2.30. The molecule has 0 aromatic heterocycles. The van der Waals surface area contributed by atoms with E-state index in [-0.39, 0.29) is 0 Å². The predicted molar refractivity (Wildman–Crippen MR) is 88.7 cm³/mol. The summed E-state index contributed by atoms with van der Waals surface area (Å²) in [6, 6.07) is 0.762. The fourth-order valence-corrected chi connectivity index (χ4v) is 3.83. The lowest BCUT2D eigenvalue weighted by Gasteiger charge is -2.32. The Morgan fingerprint density at radius 2 is 1.86 bits per heavy atom. The molecule has 0 amide bonds. The van der Waals surface area contributed by atoms with Crippen LogP contribution in [-0.2, 0) is 0 Å². The van der Waals surface area contributed by atoms with Gasteiger partial charge in [-0.15, -0.1) is 0 Å². The third-order valence-corrected chi connectivity index (χ3v) is 5.43. The van der Waals surface area contributed by atoms with Crippen molar-refractivity contribution in [3.63, 3.8) is 0 Å². The SMILES string of the molecule is CCNC(=NCC1CCC1)N1CCC(N2CCCCC2)C1. The second kappa shape index (κ2) is 7.48. The number of guanidine groups is 1. The molecule has 120 valence electrons. The molecule has 0 aromatic carbocycles. The molecule has 0 aromatic rings. The molecular formula is C17H32N4. The average molecular weight is 292 g/mol. The maximum Gasteiger partial charge on any atom is 0.193 e. The van der Waals surface area contributed by atoms with Crippen molar-refractivity contribution in [1.82, 2.24) is 15.1 Å². The van der Waals surface area contributed by atoms with E-state index in [1.165, 1.54) is 77.1 Å². The smallest absolute Gasteiger partial charge is 0.193 e. The van der Waals surface area contributed by atoms with Crippen molar-refractivity contribution >= 4 is 5.96 Å². The molecule has 2 saturated heterocycles. The molecule has 0 spiro atoms. The van der Waals surface area contributed by atoms with Gasteiger partial charge in [-0.05, 0) is 58.0 Å². The third-order valence-electron chi connectivity index (χ3n) is 5.43. The van der Waals surface area contributed by atoms with Crippen molar-refractivity contribution in [3.8, 4) is 0 Å². The molecule has 2 heterocycles. The fourth-order valence-electron chi connectivity index (χ4n) is 3.83. The fraction of sp³-hybridized carbons (Fsp3) is 0.941. The van der Waals surface area contributed by atoms with Crippen LogP contribution in [0.4, 0.5) is 0 Å². The van der Waals surface area contributed by atoms with Crippen molar-refractivity contribution in [2.75, 3.05) is 39.3 Å². The molecule has 2 aliphatic heterocycles. The van der Waals surface area contributed by atoms with Crippen LogP contribution in [-0.4, -0.2) is 61.1 Å². The van der Waals surface area contributed by atoms with Crippen molar-refractivity contribution < 1.29 is 0 Å². The Morgan fingerprint density at radius 1 is 1.05 bits per heavy atom. The predicted octanol–water partition coefficient (Wildman–Crippen LogP) is 2.31. The van der Waals surface area contributed by atoms with Gasteiger partial charge in [-0.25, -0.2) is 0 Å². The summed E-state index contributed by atoms with van der Waals surface area (Å²) in [6.07, 6.45) is 9.72. The van der Waals surface area contributed by atoms with E-state index >= 15 is 0 Å². The molecule has 3 rings (SSSR count). The highest BCUT2D eigenvalue weighted by Crippen LogP contribution is 2.26. The second-order valence-electron chi connectivity index (χ2n) is 6.98. The summed E-state index contributed by atoms with van der Waals surface area (Å²) in [5.41, 5.74) is 0. The van der Waals surface area contributed by atoms with Crippen LogP contribution < -0.4 is 5.32 Å². The lowest BCUT2D eigenvalue weighted by atomic mass is 9.86. The Labute approximate surface area is 130 Å².